The van der Waals surface area contributed by atoms with E-state index in [4.69, 9.17) is 9.84 Å². The van der Waals surface area contributed by atoms with Gasteiger partial charge in [0.25, 0.3) is 5.56 Å². The molecule has 0 saturated carbocycles. The van der Waals surface area contributed by atoms with Gasteiger partial charge in [-0.15, -0.1) is 11.3 Å². The molecule has 3 heterocycles. The molecule has 1 N–H and O–H groups in total. The van der Waals surface area contributed by atoms with Crippen LogP contribution in [0.3, 0.4) is 0 Å². The maximum absolute atomic E-state index is 13.3. The molecule has 3 aromatic heterocycles. The molecule has 34 heavy (non-hydrogen) atoms. The molecular weight excluding hydrogens is 475 g/mol. The number of ether oxygens (including phenoxy) is 1. The molecule has 0 aliphatic heterocycles. The highest BCUT2D eigenvalue weighted by Crippen LogP contribution is 2.33. The van der Waals surface area contributed by atoms with Crippen molar-refractivity contribution in [2.45, 2.75) is 32.6 Å². The molecule has 4 aromatic rings. The average molecular weight is 495 g/mol. The molecule has 0 atom stereocenters. The molecule has 0 spiro atoms. The number of thiazole rings is 1. The highest BCUT2D eigenvalue weighted by molar-refractivity contribution is 7.11. The zero-order valence-corrected chi connectivity index (χ0v) is 19.0. The molecule has 0 unspecified atom stereocenters. The molecule has 180 valence electrons. The number of aryl methyl sites for hydroxylation is 2. The maximum Gasteiger partial charge on any atom is 0.416 e. The van der Waals surface area contributed by atoms with Crippen LogP contribution in [0.2, 0.25) is 0 Å². The first-order chi connectivity index (χ1) is 16.1. The van der Waals surface area contributed by atoms with Gasteiger partial charge in [0, 0.05) is 31.3 Å². The largest absolute Gasteiger partial charge is 0.425 e. The number of aliphatic hydroxyl groups excluding tert-OH is 1. The Labute approximate surface area is 194 Å². The summed E-state index contributed by atoms with van der Waals surface area (Å²) < 4.78 is 48.7. The third-order valence-electron chi connectivity index (χ3n) is 5.07. The second kappa shape index (κ2) is 9.06. The summed E-state index contributed by atoms with van der Waals surface area (Å²) in [5.41, 5.74) is -2.13. The van der Waals surface area contributed by atoms with Crippen molar-refractivity contribution in [3.05, 3.63) is 66.7 Å². The molecule has 0 aliphatic rings. The lowest BCUT2D eigenvalue weighted by Gasteiger charge is -2.11. The smallest absolute Gasteiger partial charge is 0.416 e. The molecular formula is C21H20F3N5O4S. The van der Waals surface area contributed by atoms with Crippen LogP contribution in [-0.2, 0) is 26.3 Å². The van der Waals surface area contributed by atoms with Crippen molar-refractivity contribution in [1.29, 1.82) is 0 Å². The first-order valence-corrected chi connectivity index (χ1v) is 11.0. The maximum atomic E-state index is 13.3. The Morgan fingerprint density at radius 3 is 2.62 bits per heavy atom. The normalized spacial score (nSPS) is 11.9. The van der Waals surface area contributed by atoms with Crippen molar-refractivity contribution in [3.8, 4) is 11.8 Å². The van der Waals surface area contributed by atoms with E-state index in [1.165, 1.54) is 35.1 Å². The predicted molar refractivity (Wildman–Crippen MR) is 118 cm³/mol. The number of imidazole rings is 1. The monoisotopic (exact) mass is 495 g/mol. The Balaban J connectivity index is 1.91. The van der Waals surface area contributed by atoms with Crippen molar-refractivity contribution in [2.24, 2.45) is 7.05 Å². The predicted octanol–water partition coefficient (Wildman–Crippen LogP) is 2.90. The third-order valence-corrected chi connectivity index (χ3v) is 5.97. The number of nitrogens with zero attached hydrogens (tertiary/aromatic N) is 5. The van der Waals surface area contributed by atoms with Gasteiger partial charge in [0.15, 0.2) is 11.2 Å². The fourth-order valence-electron chi connectivity index (χ4n) is 3.45. The number of fused-ring (bicyclic) bond motifs is 1. The van der Waals surface area contributed by atoms with E-state index in [9.17, 15) is 22.8 Å². The van der Waals surface area contributed by atoms with Crippen molar-refractivity contribution >= 4 is 22.5 Å². The van der Waals surface area contributed by atoms with Crippen molar-refractivity contribution in [3.63, 3.8) is 0 Å². The molecule has 0 aliphatic carbocycles. The number of halogens is 3. The summed E-state index contributed by atoms with van der Waals surface area (Å²) in [6.07, 6.45) is -2.72. The van der Waals surface area contributed by atoms with E-state index in [0.717, 1.165) is 26.1 Å². The number of hydrogen-bond donors (Lipinski definition) is 1. The average Bonchev–Trinajstić information content (AvgIpc) is 3.35. The summed E-state index contributed by atoms with van der Waals surface area (Å²) in [7, 11) is 1.43. The molecule has 0 saturated heterocycles. The van der Waals surface area contributed by atoms with Crippen LogP contribution in [0.5, 0.6) is 11.8 Å². The lowest BCUT2D eigenvalue weighted by Crippen LogP contribution is -2.39. The van der Waals surface area contributed by atoms with Crippen LogP contribution in [0.1, 0.15) is 21.9 Å². The van der Waals surface area contributed by atoms with Crippen LogP contribution in [0.15, 0.2) is 40.1 Å². The van der Waals surface area contributed by atoms with E-state index in [-0.39, 0.29) is 49.0 Å². The van der Waals surface area contributed by atoms with Gasteiger partial charge in [-0.1, -0.05) is 6.07 Å². The van der Waals surface area contributed by atoms with Gasteiger partial charge in [0.05, 0.1) is 12.1 Å². The molecule has 0 bridgehead atoms. The van der Waals surface area contributed by atoms with Crippen molar-refractivity contribution in [1.82, 2.24) is 23.7 Å². The Morgan fingerprint density at radius 2 is 1.97 bits per heavy atom. The molecule has 1 aromatic carbocycles. The second-order valence-electron chi connectivity index (χ2n) is 7.52. The van der Waals surface area contributed by atoms with Gasteiger partial charge in [0.1, 0.15) is 10.8 Å². The topological polar surface area (TPSA) is 104 Å². The lowest BCUT2D eigenvalue weighted by atomic mass is 10.2. The van der Waals surface area contributed by atoms with Crippen molar-refractivity contribution < 1.29 is 23.0 Å². The van der Waals surface area contributed by atoms with Crippen LogP contribution in [0.4, 0.5) is 13.2 Å². The first-order valence-electron chi connectivity index (χ1n) is 10.2. The van der Waals surface area contributed by atoms with Crippen LogP contribution in [0.25, 0.3) is 11.2 Å². The van der Waals surface area contributed by atoms with E-state index < -0.39 is 23.0 Å². The number of rotatable bonds is 7. The van der Waals surface area contributed by atoms with E-state index in [1.807, 2.05) is 6.92 Å². The Morgan fingerprint density at radius 1 is 1.21 bits per heavy atom. The Hall–Kier alpha value is -3.45. The van der Waals surface area contributed by atoms with Gasteiger partial charge < -0.3 is 9.84 Å². The number of aromatic nitrogens is 5. The minimum Gasteiger partial charge on any atom is -0.425 e. The van der Waals surface area contributed by atoms with Gasteiger partial charge in [-0.2, -0.15) is 18.2 Å². The Kier molecular flexibility index (Phi) is 6.32. The molecule has 0 radical (unpaired) electrons. The summed E-state index contributed by atoms with van der Waals surface area (Å²) >= 11 is 1.37. The Bertz CT molecular complexity index is 1470. The first kappa shape index (κ1) is 23.7. The summed E-state index contributed by atoms with van der Waals surface area (Å²) in [4.78, 5) is 35.5. The standard InChI is InChI=1S/C21H20F3N5O4S/c1-12-10-25-15(34-12)11-29-16-17(27(2)20(32)28(18(16)31)7-4-8-30)26-19(29)33-14-6-3-5-13(9-14)21(22,23)24/h3,5-6,9-10,30H,4,7-8,11H2,1-2H3. The van der Waals surface area contributed by atoms with E-state index in [2.05, 4.69) is 9.97 Å². The van der Waals surface area contributed by atoms with Crippen LogP contribution in [0, 0.1) is 6.92 Å². The number of hydrogen-bond acceptors (Lipinski definition) is 7. The minimum atomic E-state index is -4.57. The summed E-state index contributed by atoms with van der Waals surface area (Å²) in [5.74, 6) is -0.132. The minimum absolute atomic E-state index is 0.0106. The molecule has 9 nitrogen and oxygen atoms in total. The quantitative estimate of drug-likeness (QED) is 0.423. The summed E-state index contributed by atoms with van der Waals surface area (Å²) in [6.45, 7) is 1.69. The van der Waals surface area contributed by atoms with Crippen LogP contribution >= 0.6 is 11.3 Å². The van der Waals surface area contributed by atoms with Crippen LogP contribution < -0.4 is 16.0 Å². The van der Waals surface area contributed by atoms with Gasteiger partial charge in [-0.3, -0.25) is 18.5 Å². The van der Waals surface area contributed by atoms with Crippen molar-refractivity contribution in [2.75, 3.05) is 6.61 Å². The molecule has 13 heteroatoms. The lowest BCUT2D eigenvalue weighted by molar-refractivity contribution is -0.137. The number of benzene rings is 1. The van der Waals surface area contributed by atoms with E-state index >= 15 is 0 Å². The highest BCUT2D eigenvalue weighted by atomic mass is 32.1. The van der Waals surface area contributed by atoms with Gasteiger partial charge >= 0.3 is 17.9 Å². The number of alkyl halides is 3. The van der Waals surface area contributed by atoms with Gasteiger partial charge in [0.2, 0.25) is 0 Å². The zero-order valence-electron chi connectivity index (χ0n) is 18.2. The zero-order chi connectivity index (χ0) is 24.6. The molecule has 0 amide bonds. The number of aliphatic hydroxyl groups is 1. The fourth-order valence-corrected chi connectivity index (χ4v) is 4.23. The summed E-state index contributed by atoms with van der Waals surface area (Å²) in [6, 6.07) is 4.13. The second-order valence-corrected chi connectivity index (χ2v) is 8.84. The summed E-state index contributed by atoms with van der Waals surface area (Å²) in [5, 5.41) is 9.75. The van der Waals surface area contributed by atoms with Crippen LogP contribution in [-0.4, -0.2) is 35.4 Å². The SMILES string of the molecule is Cc1cnc(Cn2c(Oc3cccc(C(F)(F)F)c3)nc3c2c(=O)n(CCCO)c(=O)n3C)s1. The molecule has 0 fully saturated rings. The van der Waals surface area contributed by atoms with E-state index in [1.54, 1.807) is 6.20 Å². The highest BCUT2D eigenvalue weighted by Gasteiger charge is 2.31. The fraction of sp³-hybridized carbons (Fsp3) is 0.333. The van der Waals surface area contributed by atoms with E-state index in [0.29, 0.717) is 5.01 Å². The van der Waals surface area contributed by atoms with Gasteiger partial charge in [-0.25, -0.2) is 9.78 Å². The molecule has 4 rings (SSSR count). The third kappa shape index (κ3) is 4.48. The van der Waals surface area contributed by atoms with Gasteiger partial charge in [-0.05, 0) is 31.5 Å².